The van der Waals surface area contributed by atoms with Gasteiger partial charge in [-0.25, -0.2) is 0 Å². The average Bonchev–Trinajstić information content (AvgIpc) is 2.87. The van der Waals surface area contributed by atoms with E-state index < -0.39 is 0 Å². The molecule has 0 unspecified atom stereocenters. The van der Waals surface area contributed by atoms with Gasteiger partial charge in [0.25, 0.3) is 0 Å². The van der Waals surface area contributed by atoms with E-state index in [1.54, 1.807) is 0 Å². The summed E-state index contributed by atoms with van der Waals surface area (Å²) in [6, 6.07) is 13.3. The van der Waals surface area contributed by atoms with Gasteiger partial charge in [0.2, 0.25) is 0 Å². The Labute approximate surface area is 170 Å². The highest BCUT2D eigenvalue weighted by atomic mass is 79.9. The molecule has 0 heterocycles. The van der Waals surface area contributed by atoms with E-state index in [1.165, 1.54) is 60.8 Å². The molecule has 130 valence electrons. The Kier molecular flexibility index (Phi) is 6.49. The number of halogens is 2. The number of rotatable bonds is 8. The highest BCUT2D eigenvalue weighted by Gasteiger charge is 2.41. The summed E-state index contributed by atoms with van der Waals surface area (Å²) in [5.74, 6) is 0. The number of hydrogen-bond acceptors (Lipinski definition) is 0. The molecule has 2 aromatic rings. The Morgan fingerprint density at radius 1 is 0.800 bits per heavy atom. The van der Waals surface area contributed by atoms with Crippen LogP contribution in [0, 0.1) is 0 Å². The summed E-state index contributed by atoms with van der Waals surface area (Å²) in [4.78, 5) is 0. The summed E-state index contributed by atoms with van der Waals surface area (Å²) >= 11 is 7.33. The SMILES string of the molecule is [B]CC1(CCCCCCCC)c2cc(Br)ccc2-c2ccc(Br)cc21. The third-order valence-corrected chi connectivity index (χ3v) is 6.58. The van der Waals surface area contributed by atoms with E-state index in [1.807, 2.05) is 0 Å². The standard InChI is InChI=1S/C22H25BBr2/c1-2-3-4-5-6-7-12-22(15-23)20-13-16(24)8-10-18(20)19-11-9-17(25)14-21(19)22/h8-11,13-14H,2-7,12,15H2,1H3. The highest BCUT2D eigenvalue weighted by Crippen LogP contribution is 2.54. The van der Waals surface area contributed by atoms with Crippen molar-refractivity contribution < 1.29 is 0 Å². The molecular weight excluding hydrogens is 435 g/mol. The smallest absolute Gasteiger partial charge is 0.0669 e. The lowest BCUT2D eigenvalue weighted by Crippen LogP contribution is -2.24. The van der Waals surface area contributed by atoms with E-state index in [-0.39, 0.29) is 5.41 Å². The lowest BCUT2D eigenvalue weighted by atomic mass is 9.66. The Bertz CT molecular complexity index is 687. The summed E-state index contributed by atoms with van der Waals surface area (Å²) in [6.45, 7) is 2.27. The van der Waals surface area contributed by atoms with Crippen molar-refractivity contribution in [2.75, 3.05) is 0 Å². The fraction of sp³-hybridized carbons (Fsp3) is 0.455. The van der Waals surface area contributed by atoms with Crippen molar-refractivity contribution in [2.45, 2.75) is 63.6 Å². The normalized spacial score (nSPS) is 14.4. The largest absolute Gasteiger partial charge is 0.0751 e. The first-order valence-corrected chi connectivity index (χ1v) is 11.0. The first-order chi connectivity index (χ1) is 12.1. The average molecular weight is 460 g/mol. The summed E-state index contributed by atoms with van der Waals surface area (Å²) in [5.41, 5.74) is 5.43. The number of benzene rings is 2. The van der Waals surface area contributed by atoms with Gasteiger partial charge in [-0.3, -0.25) is 0 Å². The quantitative estimate of drug-likeness (QED) is 0.279. The molecule has 3 rings (SSSR count). The zero-order valence-electron chi connectivity index (χ0n) is 15.0. The van der Waals surface area contributed by atoms with Crippen LogP contribution in [0.3, 0.4) is 0 Å². The van der Waals surface area contributed by atoms with Gasteiger partial charge < -0.3 is 0 Å². The minimum absolute atomic E-state index is 0.0526. The Morgan fingerprint density at radius 3 is 1.84 bits per heavy atom. The summed E-state index contributed by atoms with van der Waals surface area (Å²) < 4.78 is 2.28. The third-order valence-electron chi connectivity index (χ3n) is 5.59. The maximum absolute atomic E-state index is 6.43. The second-order valence-electron chi connectivity index (χ2n) is 7.18. The molecule has 0 amide bonds. The number of hydrogen-bond donors (Lipinski definition) is 0. The van der Waals surface area contributed by atoms with Crippen LogP contribution >= 0.6 is 31.9 Å². The van der Waals surface area contributed by atoms with Gasteiger partial charge in [0.15, 0.2) is 0 Å². The van der Waals surface area contributed by atoms with Crippen LogP contribution in [0.5, 0.6) is 0 Å². The Hall–Kier alpha value is -0.535. The van der Waals surface area contributed by atoms with Gasteiger partial charge in [-0.2, -0.15) is 0 Å². The molecule has 25 heavy (non-hydrogen) atoms. The van der Waals surface area contributed by atoms with Gasteiger partial charge in [-0.15, -0.1) is 0 Å². The first kappa shape index (κ1) is 19.2. The monoisotopic (exact) mass is 458 g/mol. The van der Waals surface area contributed by atoms with Crippen molar-refractivity contribution in [1.29, 1.82) is 0 Å². The molecule has 3 heteroatoms. The zero-order chi connectivity index (χ0) is 17.9. The Morgan fingerprint density at radius 2 is 1.32 bits per heavy atom. The van der Waals surface area contributed by atoms with Crippen LogP contribution in [0.4, 0.5) is 0 Å². The molecule has 0 fully saturated rings. The van der Waals surface area contributed by atoms with Gasteiger partial charge >= 0.3 is 0 Å². The van der Waals surface area contributed by atoms with E-state index >= 15 is 0 Å². The molecule has 0 aromatic heterocycles. The van der Waals surface area contributed by atoms with Crippen molar-refractivity contribution in [3.8, 4) is 11.1 Å². The predicted molar refractivity (Wildman–Crippen MR) is 117 cm³/mol. The molecule has 1 aliphatic rings. The van der Waals surface area contributed by atoms with Crippen molar-refractivity contribution in [2.24, 2.45) is 0 Å². The van der Waals surface area contributed by atoms with Crippen molar-refractivity contribution in [3.63, 3.8) is 0 Å². The van der Waals surface area contributed by atoms with Crippen LogP contribution in [0.2, 0.25) is 6.32 Å². The summed E-state index contributed by atoms with van der Waals surface area (Å²) in [6.07, 6.45) is 9.68. The number of unbranched alkanes of at least 4 members (excludes halogenated alkanes) is 5. The van der Waals surface area contributed by atoms with Crippen LogP contribution in [-0.2, 0) is 5.41 Å². The van der Waals surface area contributed by atoms with Crippen molar-refractivity contribution in [1.82, 2.24) is 0 Å². The molecule has 0 aliphatic heterocycles. The molecule has 0 N–H and O–H groups in total. The van der Waals surface area contributed by atoms with Gasteiger partial charge in [-0.1, -0.05) is 95.8 Å². The predicted octanol–water partition coefficient (Wildman–Crippen LogP) is 7.82. The Balaban J connectivity index is 1.92. The molecule has 0 atom stereocenters. The maximum atomic E-state index is 6.43. The highest BCUT2D eigenvalue weighted by molar-refractivity contribution is 9.10. The van der Waals surface area contributed by atoms with Crippen molar-refractivity contribution >= 4 is 39.7 Å². The van der Waals surface area contributed by atoms with Crippen LogP contribution in [0.15, 0.2) is 45.3 Å². The maximum Gasteiger partial charge on any atom is 0.0669 e. The first-order valence-electron chi connectivity index (χ1n) is 9.43. The topological polar surface area (TPSA) is 0 Å². The fourth-order valence-electron chi connectivity index (χ4n) is 4.24. The number of fused-ring (bicyclic) bond motifs is 3. The van der Waals surface area contributed by atoms with Crippen LogP contribution in [0.1, 0.15) is 63.0 Å². The zero-order valence-corrected chi connectivity index (χ0v) is 18.1. The van der Waals surface area contributed by atoms with Crippen molar-refractivity contribution in [3.05, 3.63) is 56.5 Å². The van der Waals surface area contributed by atoms with E-state index in [0.29, 0.717) is 6.32 Å². The van der Waals surface area contributed by atoms with E-state index in [2.05, 4.69) is 75.2 Å². The molecule has 1 aliphatic carbocycles. The van der Waals surface area contributed by atoms with E-state index in [0.717, 1.165) is 15.4 Å². The second-order valence-corrected chi connectivity index (χ2v) is 9.02. The molecule has 0 bridgehead atoms. The van der Waals surface area contributed by atoms with Crippen LogP contribution < -0.4 is 0 Å². The van der Waals surface area contributed by atoms with E-state index in [9.17, 15) is 0 Å². The molecular formula is C22H25BBr2. The van der Waals surface area contributed by atoms with E-state index in [4.69, 9.17) is 7.85 Å². The minimum atomic E-state index is -0.0526. The minimum Gasteiger partial charge on any atom is -0.0751 e. The lowest BCUT2D eigenvalue weighted by Gasteiger charge is -2.32. The molecule has 0 spiro atoms. The molecule has 0 nitrogen and oxygen atoms in total. The summed E-state index contributed by atoms with van der Waals surface area (Å²) in [7, 11) is 6.43. The molecule has 0 saturated carbocycles. The van der Waals surface area contributed by atoms with Gasteiger partial charge in [0.1, 0.15) is 0 Å². The van der Waals surface area contributed by atoms with Gasteiger partial charge in [-0.05, 0) is 52.9 Å². The second kappa shape index (κ2) is 8.44. The third kappa shape index (κ3) is 3.78. The van der Waals surface area contributed by atoms with Gasteiger partial charge in [0.05, 0.1) is 7.85 Å². The molecule has 0 saturated heterocycles. The molecule has 2 radical (unpaired) electrons. The van der Waals surface area contributed by atoms with Crippen LogP contribution in [-0.4, -0.2) is 7.85 Å². The lowest BCUT2D eigenvalue weighted by molar-refractivity contribution is 0.480. The molecule has 2 aromatic carbocycles. The van der Waals surface area contributed by atoms with Crippen LogP contribution in [0.25, 0.3) is 11.1 Å². The van der Waals surface area contributed by atoms with Gasteiger partial charge in [0, 0.05) is 14.4 Å². The fourth-order valence-corrected chi connectivity index (χ4v) is 4.96. The summed E-state index contributed by atoms with van der Waals surface area (Å²) in [5, 5.41) is 0.